The van der Waals surface area contributed by atoms with E-state index in [9.17, 15) is 9.90 Å². The molecule has 1 aromatic carbocycles. The molecule has 0 aliphatic rings. The van der Waals surface area contributed by atoms with E-state index in [1.807, 2.05) is 12.1 Å². The van der Waals surface area contributed by atoms with Crippen LogP contribution in [0.1, 0.15) is 44.4 Å². The lowest BCUT2D eigenvalue weighted by Crippen LogP contribution is -2.15. The summed E-state index contributed by atoms with van der Waals surface area (Å²) in [7, 11) is 0. The quantitative estimate of drug-likeness (QED) is 0.883. The zero-order valence-electron chi connectivity index (χ0n) is 12.1. The Hall–Kier alpha value is -1.46. The third-order valence-corrected chi connectivity index (χ3v) is 4.32. The number of carbonyl (C=O) groups excluding carboxylic acids is 1. The molecule has 1 N–H and O–H groups in total. The number of aliphatic hydroxyl groups is 1. The minimum atomic E-state index is -1.24. The van der Waals surface area contributed by atoms with Gasteiger partial charge in [0.05, 0.1) is 21.8 Å². The first kappa shape index (κ1) is 14.9. The van der Waals surface area contributed by atoms with Crippen molar-refractivity contribution in [3.8, 4) is 0 Å². The topological polar surface area (TPSA) is 59.4 Å². The monoisotopic (exact) mass is 293 g/mol. The fourth-order valence-electron chi connectivity index (χ4n) is 1.79. The maximum Gasteiger partial charge on any atom is 0.339 e. The lowest BCUT2D eigenvalue weighted by atomic mass is 9.98. The highest BCUT2D eigenvalue weighted by Crippen LogP contribution is 2.32. The minimum absolute atomic E-state index is 0.0103. The molecule has 2 aromatic rings. The van der Waals surface area contributed by atoms with Gasteiger partial charge in [-0.3, -0.25) is 0 Å². The molecule has 2 rings (SSSR count). The maximum atomic E-state index is 11.6. The van der Waals surface area contributed by atoms with Gasteiger partial charge < -0.3 is 9.84 Å². The molecule has 0 radical (unpaired) electrons. The van der Waals surface area contributed by atoms with E-state index in [4.69, 9.17) is 4.74 Å². The number of benzene rings is 1. The lowest BCUT2D eigenvalue weighted by Gasteiger charge is -2.13. The number of rotatable bonds is 3. The number of fused-ring (bicyclic) bond motifs is 1. The highest BCUT2D eigenvalue weighted by Gasteiger charge is 2.22. The van der Waals surface area contributed by atoms with Crippen LogP contribution in [-0.2, 0) is 14.9 Å². The van der Waals surface area contributed by atoms with Gasteiger partial charge in [0.1, 0.15) is 0 Å². The van der Waals surface area contributed by atoms with Crippen molar-refractivity contribution in [2.45, 2.75) is 39.2 Å². The Kier molecular flexibility index (Phi) is 4.11. The standard InChI is InChI=1S/C15H19NO3S/c1-5-19-13(18)12(17)9-6-7-10-11(8-9)20-14(16-10)15(2,3)4/h6-8,12,17H,5H2,1-4H3. The summed E-state index contributed by atoms with van der Waals surface area (Å²) in [6.45, 7) is 8.30. The van der Waals surface area contributed by atoms with E-state index >= 15 is 0 Å². The summed E-state index contributed by atoms with van der Waals surface area (Å²) in [6, 6.07) is 5.36. The maximum absolute atomic E-state index is 11.6. The Morgan fingerprint density at radius 2 is 2.15 bits per heavy atom. The van der Waals surface area contributed by atoms with E-state index in [2.05, 4.69) is 25.8 Å². The third kappa shape index (κ3) is 2.99. The first-order valence-corrected chi connectivity index (χ1v) is 7.40. The SMILES string of the molecule is CCOC(=O)C(O)c1ccc2nc(C(C)(C)C)sc2c1. The zero-order chi connectivity index (χ0) is 14.9. The van der Waals surface area contributed by atoms with E-state index < -0.39 is 12.1 Å². The second-order valence-corrected chi connectivity index (χ2v) is 6.68. The highest BCUT2D eigenvalue weighted by molar-refractivity contribution is 7.18. The van der Waals surface area contributed by atoms with Crippen LogP contribution in [-0.4, -0.2) is 22.7 Å². The molecule has 0 spiro atoms. The number of carbonyl (C=O) groups is 1. The van der Waals surface area contributed by atoms with E-state index in [-0.39, 0.29) is 12.0 Å². The number of esters is 1. The van der Waals surface area contributed by atoms with Crippen LogP contribution in [0.2, 0.25) is 0 Å². The predicted molar refractivity (Wildman–Crippen MR) is 79.9 cm³/mol. The van der Waals surface area contributed by atoms with Crippen molar-refractivity contribution < 1.29 is 14.6 Å². The molecule has 1 atom stereocenters. The Bertz CT molecular complexity index is 628. The van der Waals surface area contributed by atoms with Crippen molar-refractivity contribution in [2.75, 3.05) is 6.61 Å². The second-order valence-electron chi connectivity index (χ2n) is 5.65. The molecule has 0 saturated carbocycles. The summed E-state index contributed by atoms with van der Waals surface area (Å²) >= 11 is 1.59. The normalized spacial score (nSPS) is 13.4. The van der Waals surface area contributed by atoms with Crippen molar-refractivity contribution in [1.82, 2.24) is 4.98 Å². The number of aromatic nitrogens is 1. The summed E-state index contributed by atoms with van der Waals surface area (Å²) in [4.78, 5) is 16.1. The van der Waals surface area contributed by atoms with Crippen molar-refractivity contribution in [1.29, 1.82) is 0 Å². The Morgan fingerprint density at radius 3 is 2.75 bits per heavy atom. The average Bonchev–Trinajstić information content (AvgIpc) is 2.80. The van der Waals surface area contributed by atoms with Crippen LogP contribution in [0.5, 0.6) is 0 Å². The van der Waals surface area contributed by atoms with Crippen LogP contribution in [0.25, 0.3) is 10.2 Å². The van der Waals surface area contributed by atoms with E-state index in [0.29, 0.717) is 5.56 Å². The van der Waals surface area contributed by atoms with E-state index in [1.54, 1.807) is 24.3 Å². The van der Waals surface area contributed by atoms with Gasteiger partial charge in [0.15, 0.2) is 6.10 Å². The molecule has 5 heteroatoms. The molecule has 0 bridgehead atoms. The summed E-state index contributed by atoms with van der Waals surface area (Å²) in [5, 5.41) is 11.0. The summed E-state index contributed by atoms with van der Waals surface area (Å²) in [6.07, 6.45) is -1.24. The van der Waals surface area contributed by atoms with Crippen LogP contribution in [0.4, 0.5) is 0 Å². The van der Waals surface area contributed by atoms with Crippen molar-refractivity contribution in [2.24, 2.45) is 0 Å². The number of hydrogen-bond acceptors (Lipinski definition) is 5. The average molecular weight is 293 g/mol. The third-order valence-electron chi connectivity index (χ3n) is 2.88. The molecule has 0 saturated heterocycles. The van der Waals surface area contributed by atoms with E-state index in [1.165, 1.54) is 0 Å². The lowest BCUT2D eigenvalue weighted by molar-refractivity contribution is -0.153. The molecule has 1 aromatic heterocycles. The smallest absolute Gasteiger partial charge is 0.339 e. The van der Waals surface area contributed by atoms with Crippen molar-refractivity contribution in [3.63, 3.8) is 0 Å². The first-order valence-electron chi connectivity index (χ1n) is 6.58. The second kappa shape index (κ2) is 5.50. The van der Waals surface area contributed by atoms with Gasteiger partial charge in [0.25, 0.3) is 0 Å². The zero-order valence-corrected chi connectivity index (χ0v) is 13.0. The Balaban J connectivity index is 2.36. The van der Waals surface area contributed by atoms with E-state index in [0.717, 1.165) is 15.2 Å². The molecule has 1 heterocycles. The van der Waals surface area contributed by atoms with Crippen molar-refractivity contribution >= 4 is 27.5 Å². The number of thiazole rings is 1. The molecule has 0 aliphatic carbocycles. The van der Waals surface area contributed by atoms with Crippen LogP contribution in [0.3, 0.4) is 0 Å². The fourth-order valence-corrected chi connectivity index (χ4v) is 2.86. The van der Waals surface area contributed by atoms with Crippen LogP contribution in [0.15, 0.2) is 18.2 Å². The largest absolute Gasteiger partial charge is 0.464 e. The number of ether oxygens (including phenoxy) is 1. The summed E-state index contributed by atoms with van der Waals surface area (Å²) in [5.74, 6) is -0.618. The molecule has 20 heavy (non-hydrogen) atoms. The molecule has 0 aliphatic heterocycles. The number of nitrogens with zero attached hydrogens (tertiary/aromatic N) is 1. The summed E-state index contributed by atoms with van der Waals surface area (Å²) in [5.41, 5.74) is 1.42. The number of aliphatic hydroxyl groups excluding tert-OH is 1. The van der Waals surface area contributed by atoms with Gasteiger partial charge in [-0.25, -0.2) is 9.78 Å². The van der Waals surface area contributed by atoms with Gasteiger partial charge in [0.2, 0.25) is 0 Å². The van der Waals surface area contributed by atoms with Crippen LogP contribution < -0.4 is 0 Å². The fraction of sp³-hybridized carbons (Fsp3) is 0.467. The minimum Gasteiger partial charge on any atom is -0.464 e. The molecule has 0 fully saturated rings. The predicted octanol–water partition coefficient (Wildman–Crippen LogP) is 3.19. The molecule has 4 nitrogen and oxygen atoms in total. The molecular weight excluding hydrogens is 274 g/mol. The highest BCUT2D eigenvalue weighted by atomic mass is 32.1. The Morgan fingerprint density at radius 1 is 1.45 bits per heavy atom. The van der Waals surface area contributed by atoms with Crippen molar-refractivity contribution in [3.05, 3.63) is 28.8 Å². The van der Waals surface area contributed by atoms with Gasteiger partial charge in [0, 0.05) is 5.41 Å². The van der Waals surface area contributed by atoms with Gasteiger partial charge in [-0.2, -0.15) is 0 Å². The van der Waals surface area contributed by atoms with Gasteiger partial charge in [-0.05, 0) is 24.6 Å². The molecule has 108 valence electrons. The number of hydrogen-bond donors (Lipinski definition) is 1. The van der Waals surface area contributed by atoms with Gasteiger partial charge in [-0.1, -0.05) is 26.8 Å². The first-order chi connectivity index (χ1) is 9.32. The molecular formula is C15H19NO3S. The molecule has 0 amide bonds. The Labute approximate surface area is 122 Å². The molecule has 1 unspecified atom stereocenters. The van der Waals surface area contributed by atoms with Crippen LogP contribution in [0, 0.1) is 0 Å². The van der Waals surface area contributed by atoms with Crippen LogP contribution >= 0.6 is 11.3 Å². The summed E-state index contributed by atoms with van der Waals surface area (Å²) < 4.78 is 5.80. The van der Waals surface area contributed by atoms with Gasteiger partial charge in [-0.15, -0.1) is 11.3 Å². The van der Waals surface area contributed by atoms with Gasteiger partial charge >= 0.3 is 5.97 Å².